The fourth-order valence-electron chi connectivity index (χ4n) is 4.72. The molecule has 1 fully saturated rings. The number of hydrogen-bond donors (Lipinski definition) is 2. The van der Waals surface area contributed by atoms with Crippen molar-refractivity contribution in [1.29, 1.82) is 0 Å². The molecule has 194 valence electrons. The van der Waals surface area contributed by atoms with Crippen molar-refractivity contribution in [3.05, 3.63) is 70.2 Å². The van der Waals surface area contributed by atoms with Gasteiger partial charge in [-0.25, -0.2) is 4.79 Å². The maximum atomic E-state index is 13.3. The number of piperidine rings is 1. The van der Waals surface area contributed by atoms with Crippen LogP contribution in [0.4, 0.5) is 0 Å². The SMILES string of the molecule is COC(=O)c1cccc(C(=O)NC(CC(=O)N2CC[C@](O)(c3ccc(Cl)cc3)C(C)(C)C2)C(C)C)c1. The van der Waals surface area contributed by atoms with Crippen LogP contribution in [0.2, 0.25) is 5.02 Å². The van der Waals surface area contributed by atoms with Crippen LogP contribution < -0.4 is 5.32 Å². The number of carbonyl (C=O) groups is 3. The van der Waals surface area contributed by atoms with Gasteiger partial charge in [0.05, 0.1) is 18.3 Å². The van der Waals surface area contributed by atoms with Gasteiger partial charge in [-0.2, -0.15) is 0 Å². The molecular formula is C28H35ClN2O5. The highest BCUT2D eigenvalue weighted by atomic mass is 35.5. The van der Waals surface area contributed by atoms with Crippen LogP contribution in [-0.2, 0) is 15.1 Å². The molecule has 2 N–H and O–H groups in total. The molecule has 1 heterocycles. The summed E-state index contributed by atoms with van der Waals surface area (Å²) in [4.78, 5) is 39.8. The molecule has 36 heavy (non-hydrogen) atoms. The second kappa shape index (κ2) is 11.0. The van der Waals surface area contributed by atoms with E-state index in [-0.39, 0.29) is 29.7 Å². The molecule has 3 rings (SSSR count). The number of halogens is 1. The standard InChI is InChI=1S/C28H35ClN2O5/c1-18(2)23(30-25(33)19-7-6-8-20(15-19)26(34)36-5)16-24(32)31-14-13-28(35,27(3,4)17-31)21-9-11-22(29)12-10-21/h6-12,15,18,23,35H,13-14,16-17H2,1-5H3,(H,30,33)/t23?,28-/m0/s1. The van der Waals surface area contributed by atoms with Gasteiger partial charge >= 0.3 is 5.97 Å². The molecule has 1 unspecified atom stereocenters. The molecule has 1 aliphatic rings. The second-order valence-electron chi connectivity index (χ2n) is 10.4. The molecule has 7 nitrogen and oxygen atoms in total. The van der Waals surface area contributed by atoms with Crippen molar-refractivity contribution in [2.45, 2.75) is 52.2 Å². The van der Waals surface area contributed by atoms with Crippen LogP contribution in [0.3, 0.4) is 0 Å². The average molecular weight is 515 g/mol. The summed E-state index contributed by atoms with van der Waals surface area (Å²) in [5.41, 5.74) is -0.302. The summed E-state index contributed by atoms with van der Waals surface area (Å²) in [6, 6.07) is 13.1. The van der Waals surface area contributed by atoms with Crippen molar-refractivity contribution in [3.63, 3.8) is 0 Å². The van der Waals surface area contributed by atoms with Crippen LogP contribution in [0.5, 0.6) is 0 Å². The topological polar surface area (TPSA) is 95.9 Å². The number of methoxy groups -OCH3 is 1. The average Bonchev–Trinajstić information content (AvgIpc) is 2.84. The van der Waals surface area contributed by atoms with Crippen molar-refractivity contribution >= 4 is 29.4 Å². The van der Waals surface area contributed by atoms with E-state index >= 15 is 0 Å². The van der Waals surface area contributed by atoms with Gasteiger partial charge in [-0.3, -0.25) is 9.59 Å². The number of ether oxygens (including phenoxy) is 1. The van der Waals surface area contributed by atoms with Gasteiger partial charge in [0.2, 0.25) is 5.91 Å². The van der Waals surface area contributed by atoms with Crippen LogP contribution in [-0.4, -0.2) is 54.0 Å². The number of amides is 2. The molecule has 2 aromatic carbocycles. The highest BCUT2D eigenvalue weighted by Crippen LogP contribution is 2.46. The third-order valence-electron chi connectivity index (χ3n) is 7.19. The van der Waals surface area contributed by atoms with Crippen molar-refractivity contribution in [1.82, 2.24) is 10.2 Å². The minimum Gasteiger partial charge on any atom is -0.465 e. The number of esters is 1. The molecule has 0 saturated carbocycles. The van der Waals surface area contributed by atoms with E-state index in [1.54, 1.807) is 35.2 Å². The Hall–Kier alpha value is -2.90. The second-order valence-corrected chi connectivity index (χ2v) is 10.9. The van der Waals surface area contributed by atoms with E-state index in [1.807, 2.05) is 39.8 Å². The highest BCUT2D eigenvalue weighted by molar-refractivity contribution is 6.30. The van der Waals surface area contributed by atoms with Gasteiger partial charge in [0.25, 0.3) is 5.91 Å². The van der Waals surface area contributed by atoms with E-state index in [4.69, 9.17) is 16.3 Å². The lowest BCUT2D eigenvalue weighted by Gasteiger charge is -2.50. The molecular weight excluding hydrogens is 480 g/mol. The minimum atomic E-state index is -1.09. The van der Waals surface area contributed by atoms with Crippen LogP contribution in [0, 0.1) is 11.3 Å². The van der Waals surface area contributed by atoms with Crippen LogP contribution in [0.15, 0.2) is 48.5 Å². The predicted octanol–water partition coefficient (Wildman–Crippen LogP) is 4.42. The van der Waals surface area contributed by atoms with Gasteiger partial charge < -0.3 is 20.1 Å². The Morgan fingerprint density at radius 2 is 1.75 bits per heavy atom. The Labute approximate surface area is 217 Å². The molecule has 0 aliphatic carbocycles. The van der Waals surface area contributed by atoms with E-state index in [0.717, 1.165) is 5.56 Å². The highest BCUT2D eigenvalue weighted by Gasteiger charge is 2.49. The largest absolute Gasteiger partial charge is 0.465 e. The summed E-state index contributed by atoms with van der Waals surface area (Å²) in [5.74, 6) is -0.955. The van der Waals surface area contributed by atoms with Crippen molar-refractivity contribution in [2.75, 3.05) is 20.2 Å². The first-order valence-electron chi connectivity index (χ1n) is 12.1. The quantitative estimate of drug-likeness (QED) is 0.533. The van der Waals surface area contributed by atoms with Gasteiger partial charge in [0, 0.05) is 41.6 Å². The summed E-state index contributed by atoms with van der Waals surface area (Å²) in [7, 11) is 1.29. The fourth-order valence-corrected chi connectivity index (χ4v) is 4.85. The molecule has 0 aromatic heterocycles. The van der Waals surface area contributed by atoms with E-state index < -0.39 is 23.0 Å². The third kappa shape index (κ3) is 5.90. The van der Waals surface area contributed by atoms with E-state index in [9.17, 15) is 19.5 Å². The summed E-state index contributed by atoms with van der Waals surface area (Å²) < 4.78 is 4.73. The molecule has 0 radical (unpaired) electrons. The van der Waals surface area contributed by atoms with Crippen LogP contribution >= 0.6 is 11.6 Å². The summed E-state index contributed by atoms with van der Waals surface area (Å²) in [6.45, 7) is 8.59. The molecule has 2 amide bonds. The molecule has 0 bridgehead atoms. The normalized spacial score (nSPS) is 20.1. The maximum Gasteiger partial charge on any atom is 0.337 e. The van der Waals surface area contributed by atoms with Crippen molar-refractivity contribution < 1.29 is 24.2 Å². The predicted molar refractivity (Wildman–Crippen MR) is 139 cm³/mol. The van der Waals surface area contributed by atoms with Crippen LogP contribution in [0.1, 0.15) is 66.8 Å². The number of aliphatic hydroxyl groups is 1. The number of rotatable bonds is 7. The third-order valence-corrected chi connectivity index (χ3v) is 7.44. The Morgan fingerprint density at radius 3 is 2.33 bits per heavy atom. The smallest absolute Gasteiger partial charge is 0.337 e. The lowest BCUT2D eigenvalue weighted by Crippen LogP contribution is -2.57. The van der Waals surface area contributed by atoms with E-state index in [1.165, 1.54) is 13.2 Å². The first kappa shape index (κ1) is 27.7. The molecule has 2 atom stereocenters. The number of benzene rings is 2. The first-order valence-corrected chi connectivity index (χ1v) is 12.5. The van der Waals surface area contributed by atoms with Gasteiger partial charge in [-0.1, -0.05) is 57.5 Å². The number of nitrogens with zero attached hydrogens (tertiary/aromatic N) is 1. The van der Waals surface area contributed by atoms with E-state index in [2.05, 4.69) is 5.32 Å². The lowest BCUT2D eigenvalue weighted by atomic mass is 9.66. The van der Waals surface area contributed by atoms with E-state index in [0.29, 0.717) is 30.1 Å². The first-order chi connectivity index (χ1) is 16.9. The minimum absolute atomic E-state index is 0.00508. The van der Waals surface area contributed by atoms with Gasteiger partial charge in [-0.15, -0.1) is 0 Å². The zero-order valence-electron chi connectivity index (χ0n) is 21.5. The Morgan fingerprint density at radius 1 is 1.11 bits per heavy atom. The fraction of sp³-hybridized carbons (Fsp3) is 0.464. The van der Waals surface area contributed by atoms with Crippen molar-refractivity contribution in [3.8, 4) is 0 Å². The van der Waals surface area contributed by atoms with Gasteiger partial charge in [0.15, 0.2) is 0 Å². The van der Waals surface area contributed by atoms with Crippen LogP contribution in [0.25, 0.3) is 0 Å². The maximum absolute atomic E-state index is 13.3. The molecule has 0 spiro atoms. The molecule has 1 aliphatic heterocycles. The van der Waals surface area contributed by atoms with Gasteiger partial charge in [0.1, 0.15) is 0 Å². The zero-order valence-corrected chi connectivity index (χ0v) is 22.3. The summed E-state index contributed by atoms with van der Waals surface area (Å²) >= 11 is 6.02. The molecule has 2 aromatic rings. The number of carbonyl (C=O) groups excluding carboxylic acids is 3. The molecule has 8 heteroatoms. The Kier molecular flexibility index (Phi) is 8.47. The monoisotopic (exact) mass is 514 g/mol. The van der Waals surface area contributed by atoms with Gasteiger partial charge in [-0.05, 0) is 48.2 Å². The Balaban J connectivity index is 1.69. The lowest BCUT2D eigenvalue weighted by molar-refractivity contribution is -0.153. The number of likely N-dealkylation sites (tertiary alicyclic amines) is 1. The summed E-state index contributed by atoms with van der Waals surface area (Å²) in [6.07, 6.45) is 0.530. The number of hydrogen-bond acceptors (Lipinski definition) is 5. The summed E-state index contributed by atoms with van der Waals surface area (Å²) in [5, 5.41) is 15.1. The molecule has 1 saturated heterocycles. The number of nitrogens with one attached hydrogen (secondary N) is 1. The van der Waals surface area contributed by atoms with Crippen molar-refractivity contribution in [2.24, 2.45) is 11.3 Å². The Bertz CT molecular complexity index is 1120. The zero-order chi connectivity index (χ0) is 26.7.